The summed E-state index contributed by atoms with van der Waals surface area (Å²) >= 11 is 0. The average Bonchev–Trinajstić information content (AvgIpc) is 3.00. The minimum absolute atomic E-state index is 0.102. The second-order valence-electron chi connectivity index (χ2n) is 10.4. The quantitative estimate of drug-likeness (QED) is 0.273. The summed E-state index contributed by atoms with van der Waals surface area (Å²) < 4.78 is 24.0. The lowest BCUT2D eigenvalue weighted by molar-refractivity contribution is 0.134. The van der Waals surface area contributed by atoms with Crippen LogP contribution >= 0.6 is 0 Å². The fraction of sp³-hybridized carbons (Fsp3) is 0.548. The molecular formula is C31H46FN5O4. The zero-order valence-electron chi connectivity index (χ0n) is 24.8. The molecule has 3 rings (SSSR count). The van der Waals surface area contributed by atoms with Crippen molar-refractivity contribution in [3.8, 4) is 11.5 Å². The standard InChI is InChI=1S/C31H46FN5O4/c1-4-5-6-7-8-9-16-33-30(38)37(24-25-10-12-26(32)13-11-25)22-19-35-17-20-36(21-18-35)31(39)34-28-15-14-27(40-2)23-29(28)41-3/h10-15,23H,4-9,16-22,24H2,1-3H3,(H,33,38)(H,34,39). The molecule has 0 unspecified atom stereocenters. The largest absolute Gasteiger partial charge is 0.497 e. The molecule has 0 aliphatic carbocycles. The van der Waals surface area contributed by atoms with E-state index in [-0.39, 0.29) is 17.9 Å². The van der Waals surface area contributed by atoms with Gasteiger partial charge in [-0.1, -0.05) is 51.2 Å². The lowest BCUT2D eigenvalue weighted by Gasteiger charge is -2.36. The van der Waals surface area contributed by atoms with E-state index in [4.69, 9.17) is 9.47 Å². The molecule has 0 spiro atoms. The Labute approximate surface area is 244 Å². The number of hydrogen-bond donors (Lipinski definition) is 2. The van der Waals surface area contributed by atoms with Crippen molar-refractivity contribution in [2.24, 2.45) is 0 Å². The van der Waals surface area contributed by atoms with E-state index in [0.717, 1.165) is 18.4 Å². The van der Waals surface area contributed by atoms with Crippen LogP contribution in [0.3, 0.4) is 0 Å². The highest BCUT2D eigenvalue weighted by atomic mass is 19.1. The normalized spacial score (nSPS) is 13.5. The number of carbonyl (C=O) groups excluding carboxylic acids is 2. The van der Waals surface area contributed by atoms with Crippen molar-refractivity contribution in [1.29, 1.82) is 0 Å². The number of urea groups is 2. The number of nitrogens with zero attached hydrogens (tertiary/aromatic N) is 3. The Balaban J connectivity index is 1.48. The van der Waals surface area contributed by atoms with Crippen molar-refractivity contribution in [1.82, 2.24) is 20.0 Å². The summed E-state index contributed by atoms with van der Waals surface area (Å²) in [5.74, 6) is 0.894. The number of unbranched alkanes of at least 4 members (excludes halogenated alkanes) is 5. The second kappa shape index (κ2) is 17.3. The number of ether oxygens (including phenoxy) is 2. The van der Waals surface area contributed by atoms with Crippen LogP contribution in [0.25, 0.3) is 0 Å². The summed E-state index contributed by atoms with van der Waals surface area (Å²) in [6, 6.07) is 11.3. The van der Waals surface area contributed by atoms with Gasteiger partial charge in [0.15, 0.2) is 0 Å². The monoisotopic (exact) mass is 571 g/mol. The lowest BCUT2D eigenvalue weighted by atomic mass is 10.1. The van der Waals surface area contributed by atoms with Gasteiger partial charge in [-0.15, -0.1) is 0 Å². The predicted molar refractivity (Wildman–Crippen MR) is 160 cm³/mol. The third kappa shape index (κ3) is 10.8. The van der Waals surface area contributed by atoms with Crippen LogP contribution in [0.5, 0.6) is 11.5 Å². The molecule has 0 aromatic heterocycles. The van der Waals surface area contributed by atoms with Crippen LogP contribution in [0.2, 0.25) is 0 Å². The van der Waals surface area contributed by atoms with E-state index in [1.54, 1.807) is 54.4 Å². The van der Waals surface area contributed by atoms with Gasteiger partial charge in [0.25, 0.3) is 0 Å². The summed E-state index contributed by atoms with van der Waals surface area (Å²) in [5, 5.41) is 6.00. The maximum Gasteiger partial charge on any atom is 0.322 e. The van der Waals surface area contributed by atoms with E-state index in [0.29, 0.717) is 69.5 Å². The van der Waals surface area contributed by atoms with Gasteiger partial charge in [0.1, 0.15) is 17.3 Å². The molecule has 1 saturated heterocycles. The molecule has 1 heterocycles. The molecule has 1 fully saturated rings. The Morgan fingerprint density at radius 3 is 2.32 bits per heavy atom. The van der Waals surface area contributed by atoms with Crippen LogP contribution in [0.1, 0.15) is 51.0 Å². The molecule has 2 N–H and O–H groups in total. The van der Waals surface area contributed by atoms with Gasteiger partial charge in [-0.25, -0.2) is 14.0 Å². The molecule has 2 aromatic carbocycles. The van der Waals surface area contributed by atoms with E-state index in [2.05, 4.69) is 22.5 Å². The zero-order chi connectivity index (χ0) is 29.5. The maximum atomic E-state index is 13.4. The van der Waals surface area contributed by atoms with Crippen molar-refractivity contribution < 1.29 is 23.5 Å². The van der Waals surface area contributed by atoms with Crippen LogP contribution < -0.4 is 20.1 Å². The van der Waals surface area contributed by atoms with Crippen molar-refractivity contribution >= 4 is 17.7 Å². The highest BCUT2D eigenvalue weighted by molar-refractivity contribution is 5.91. The Kier molecular flexibility index (Phi) is 13.5. The first kappa shape index (κ1) is 32.0. The maximum absolute atomic E-state index is 13.4. The number of hydrogen-bond acceptors (Lipinski definition) is 5. The SMILES string of the molecule is CCCCCCCCNC(=O)N(CCN1CCN(C(=O)Nc2ccc(OC)cc2OC)CC1)Cc1ccc(F)cc1. The third-order valence-corrected chi connectivity index (χ3v) is 7.38. The van der Waals surface area contributed by atoms with E-state index in [9.17, 15) is 14.0 Å². The van der Waals surface area contributed by atoms with E-state index < -0.39 is 0 Å². The number of halogens is 1. The smallest absolute Gasteiger partial charge is 0.322 e. The zero-order valence-corrected chi connectivity index (χ0v) is 24.8. The van der Waals surface area contributed by atoms with Gasteiger partial charge in [0, 0.05) is 58.4 Å². The first-order chi connectivity index (χ1) is 19.9. The van der Waals surface area contributed by atoms with Gasteiger partial charge in [-0.2, -0.15) is 0 Å². The third-order valence-electron chi connectivity index (χ3n) is 7.38. The molecule has 226 valence electrons. The van der Waals surface area contributed by atoms with Crippen molar-refractivity contribution in [3.05, 3.63) is 53.8 Å². The molecular weight excluding hydrogens is 525 g/mol. The molecule has 41 heavy (non-hydrogen) atoms. The molecule has 1 aliphatic heterocycles. The minimum atomic E-state index is -0.292. The molecule has 0 bridgehead atoms. The number of benzene rings is 2. The van der Waals surface area contributed by atoms with Crippen LogP contribution in [-0.2, 0) is 6.54 Å². The van der Waals surface area contributed by atoms with Crippen LogP contribution in [0.4, 0.5) is 19.7 Å². The number of amides is 4. The van der Waals surface area contributed by atoms with Crippen LogP contribution in [0.15, 0.2) is 42.5 Å². The molecule has 4 amide bonds. The van der Waals surface area contributed by atoms with Crippen molar-refractivity contribution in [3.63, 3.8) is 0 Å². The van der Waals surface area contributed by atoms with Gasteiger partial charge in [-0.3, -0.25) is 4.90 Å². The van der Waals surface area contributed by atoms with Crippen molar-refractivity contribution in [2.45, 2.75) is 52.0 Å². The van der Waals surface area contributed by atoms with Gasteiger partial charge < -0.3 is 29.9 Å². The van der Waals surface area contributed by atoms with Gasteiger partial charge in [0.2, 0.25) is 0 Å². The highest BCUT2D eigenvalue weighted by Gasteiger charge is 2.23. The lowest BCUT2D eigenvalue weighted by Crippen LogP contribution is -2.52. The molecule has 0 radical (unpaired) electrons. The molecule has 10 heteroatoms. The minimum Gasteiger partial charge on any atom is -0.497 e. The van der Waals surface area contributed by atoms with Crippen LogP contribution in [-0.4, -0.2) is 86.8 Å². The molecule has 9 nitrogen and oxygen atoms in total. The Hall–Kier alpha value is -3.53. The molecule has 0 atom stereocenters. The summed E-state index contributed by atoms with van der Waals surface area (Å²) in [6.07, 6.45) is 6.99. The fourth-order valence-corrected chi connectivity index (χ4v) is 4.81. The van der Waals surface area contributed by atoms with Gasteiger partial charge in [0.05, 0.1) is 19.9 Å². The number of piperazine rings is 1. The number of nitrogens with one attached hydrogen (secondary N) is 2. The van der Waals surface area contributed by atoms with Crippen LogP contribution in [0, 0.1) is 5.82 Å². The average molecular weight is 572 g/mol. The fourth-order valence-electron chi connectivity index (χ4n) is 4.81. The molecule has 1 aliphatic rings. The number of carbonyl (C=O) groups is 2. The van der Waals surface area contributed by atoms with E-state index in [1.165, 1.54) is 37.8 Å². The number of rotatable bonds is 15. The number of anilines is 1. The van der Waals surface area contributed by atoms with Gasteiger partial charge in [-0.05, 0) is 36.2 Å². The Bertz CT molecular complexity index is 1080. The van der Waals surface area contributed by atoms with E-state index >= 15 is 0 Å². The predicted octanol–water partition coefficient (Wildman–Crippen LogP) is 5.56. The van der Waals surface area contributed by atoms with Gasteiger partial charge >= 0.3 is 12.1 Å². The number of methoxy groups -OCH3 is 2. The topological polar surface area (TPSA) is 86.4 Å². The summed E-state index contributed by atoms with van der Waals surface area (Å²) in [4.78, 5) is 31.8. The Morgan fingerprint density at radius 2 is 1.63 bits per heavy atom. The first-order valence-electron chi connectivity index (χ1n) is 14.7. The van der Waals surface area contributed by atoms with Crippen molar-refractivity contribution in [2.75, 3.05) is 65.3 Å². The highest BCUT2D eigenvalue weighted by Crippen LogP contribution is 2.29. The van der Waals surface area contributed by atoms with E-state index in [1.807, 2.05) is 0 Å². The summed E-state index contributed by atoms with van der Waals surface area (Å²) in [7, 11) is 3.13. The molecule has 0 saturated carbocycles. The summed E-state index contributed by atoms with van der Waals surface area (Å²) in [5.41, 5.74) is 1.47. The summed E-state index contributed by atoms with van der Waals surface area (Å²) in [6.45, 7) is 7.05. The second-order valence-corrected chi connectivity index (χ2v) is 10.4. The molecule has 2 aromatic rings. The first-order valence-corrected chi connectivity index (χ1v) is 14.7. The Morgan fingerprint density at radius 1 is 0.927 bits per heavy atom.